The largest absolute Gasteiger partial charge is 0.406 e. The van der Waals surface area contributed by atoms with Crippen LogP contribution in [0.1, 0.15) is 18.4 Å². The topological polar surface area (TPSA) is 52.7 Å². The lowest BCUT2D eigenvalue weighted by atomic mass is 10.1. The number of carbonyl (C=O) groups is 2. The minimum atomic E-state index is -4.44. The van der Waals surface area contributed by atoms with Crippen LogP contribution in [-0.4, -0.2) is 55.6 Å². The second-order valence-electron chi connectivity index (χ2n) is 6.80. The van der Waals surface area contributed by atoms with Gasteiger partial charge in [-0.15, -0.1) is 0 Å². The van der Waals surface area contributed by atoms with Crippen molar-refractivity contribution in [2.24, 2.45) is 5.92 Å². The van der Waals surface area contributed by atoms with Crippen molar-refractivity contribution in [2.45, 2.75) is 25.4 Å². The Labute approximate surface area is 150 Å². The van der Waals surface area contributed by atoms with Crippen molar-refractivity contribution in [3.63, 3.8) is 0 Å². The molecule has 1 saturated heterocycles. The van der Waals surface area contributed by atoms with Crippen molar-refractivity contribution < 1.29 is 22.8 Å². The summed E-state index contributed by atoms with van der Waals surface area (Å²) >= 11 is 0. The van der Waals surface area contributed by atoms with Crippen LogP contribution in [0.3, 0.4) is 0 Å². The molecule has 1 aromatic carbocycles. The van der Waals surface area contributed by atoms with Crippen LogP contribution in [0.15, 0.2) is 24.3 Å². The summed E-state index contributed by atoms with van der Waals surface area (Å²) < 4.78 is 37.2. The number of alkyl halides is 3. The zero-order valence-corrected chi connectivity index (χ0v) is 14.4. The fourth-order valence-corrected chi connectivity index (χ4v) is 3.58. The first-order valence-corrected chi connectivity index (χ1v) is 8.78. The standard InChI is InChI=1S/C18H22F3N3O2/c19-18(20,21)12-24-11-14(10-16(24)25)17(26)22-7-3-8-23-9-6-13-4-1-2-5-15(13)23/h1-2,4-5,14H,3,6-12H2,(H,22,26)/t14-/m1/s1. The molecule has 0 saturated carbocycles. The van der Waals surface area contributed by atoms with Gasteiger partial charge in [-0.3, -0.25) is 9.59 Å². The maximum absolute atomic E-state index is 12.4. The number of amides is 2. The molecular formula is C18H22F3N3O2. The molecule has 26 heavy (non-hydrogen) atoms. The lowest BCUT2D eigenvalue weighted by Gasteiger charge is -2.20. The number of anilines is 1. The van der Waals surface area contributed by atoms with E-state index in [9.17, 15) is 22.8 Å². The maximum Gasteiger partial charge on any atom is 0.406 e. The molecule has 0 bridgehead atoms. The number of nitrogens with one attached hydrogen (secondary N) is 1. The SMILES string of the molecule is O=C(NCCCN1CCc2ccccc21)[C@@H]1CC(=O)N(CC(F)(F)F)C1. The van der Waals surface area contributed by atoms with E-state index in [-0.39, 0.29) is 18.9 Å². The first-order valence-electron chi connectivity index (χ1n) is 8.78. The van der Waals surface area contributed by atoms with Crippen molar-refractivity contribution in [3.8, 4) is 0 Å². The highest BCUT2D eigenvalue weighted by molar-refractivity contribution is 5.89. The zero-order valence-electron chi connectivity index (χ0n) is 14.4. The second-order valence-corrected chi connectivity index (χ2v) is 6.80. The van der Waals surface area contributed by atoms with Crippen LogP contribution in [0.25, 0.3) is 0 Å². The van der Waals surface area contributed by atoms with E-state index in [0.717, 1.165) is 25.9 Å². The summed E-state index contributed by atoms with van der Waals surface area (Å²) in [7, 11) is 0. The van der Waals surface area contributed by atoms with Crippen LogP contribution in [0.4, 0.5) is 18.9 Å². The van der Waals surface area contributed by atoms with Crippen LogP contribution in [-0.2, 0) is 16.0 Å². The molecule has 3 rings (SSSR count). The van der Waals surface area contributed by atoms with Gasteiger partial charge in [0.1, 0.15) is 6.54 Å². The predicted molar refractivity (Wildman–Crippen MR) is 90.7 cm³/mol. The van der Waals surface area contributed by atoms with E-state index >= 15 is 0 Å². The molecule has 1 fully saturated rings. The molecule has 1 N–H and O–H groups in total. The molecule has 0 unspecified atom stereocenters. The van der Waals surface area contributed by atoms with Crippen molar-refractivity contribution >= 4 is 17.5 Å². The molecule has 0 aromatic heterocycles. The molecule has 0 spiro atoms. The summed E-state index contributed by atoms with van der Waals surface area (Å²) in [6.45, 7) is 0.757. The number of likely N-dealkylation sites (tertiary alicyclic amines) is 1. The Morgan fingerprint density at radius 1 is 1.23 bits per heavy atom. The summed E-state index contributed by atoms with van der Waals surface area (Å²) in [6, 6.07) is 8.22. The zero-order chi connectivity index (χ0) is 18.7. The summed E-state index contributed by atoms with van der Waals surface area (Å²) in [5.41, 5.74) is 2.55. The molecule has 5 nitrogen and oxygen atoms in total. The highest BCUT2D eigenvalue weighted by Crippen LogP contribution is 2.27. The van der Waals surface area contributed by atoms with Gasteiger partial charge in [-0.05, 0) is 24.5 Å². The van der Waals surface area contributed by atoms with E-state index in [2.05, 4.69) is 22.3 Å². The average molecular weight is 369 g/mol. The highest BCUT2D eigenvalue weighted by atomic mass is 19.4. The van der Waals surface area contributed by atoms with E-state index in [4.69, 9.17) is 0 Å². The number of hydrogen-bond donors (Lipinski definition) is 1. The Kier molecular flexibility index (Phi) is 5.38. The van der Waals surface area contributed by atoms with Gasteiger partial charge in [-0.1, -0.05) is 18.2 Å². The Balaban J connectivity index is 1.39. The lowest BCUT2D eigenvalue weighted by molar-refractivity contribution is -0.157. The van der Waals surface area contributed by atoms with E-state index in [1.54, 1.807) is 0 Å². The van der Waals surface area contributed by atoms with Gasteiger partial charge in [0.25, 0.3) is 0 Å². The van der Waals surface area contributed by atoms with Crippen LogP contribution in [0.2, 0.25) is 0 Å². The number of hydrogen-bond acceptors (Lipinski definition) is 3. The van der Waals surface area contributed by atoms with Crippen LogP contribution < -0.4 is 10.2 Å². The van der Waals surface area contributed by atoms with Gasteiger partial charge >= 0.3 is 6.18 Å². The molecule has 1 aromatic rings. The van der Waals surface area contributed by atoms with Gasteiger partial charge in [0.2, 0.25) is 11.8 Å². The number of nitrogens with zero attached hydrogens (tertiary/aromatic N) is 2. The Morgan fingerprint density at radius 3 is 2.77 bits per heavy atom. The van der Waals surface area contributed by atoms with Gasteiger partial charge in [-0.25, -0.2) is 0 Å². The van der Waals surface area contributed by atoms with Gasteiger partial charge in [0.15, 0.2) is 0 Å². The molecule has 0 aliphatic carbocycles. The fraction of sp³-hybridized carbons (Fsp3) is 0.556. The Hall–Kier alpha value is -2.25. The molecule has 8 heteroatoms. The predicted octanol–water partition coefficient (Wildman–Crippen LogP) is 1.97. The summed E-state index contributed by atoms with van der Waals surface area (Å²) in [6.07, 6.45) is -2.83. The maximum atomic E-state index is 12.4. The van der Waals surface area contributed by atoms with E-state index in [1.807, 2.05) is 12.1 Å². The number of carbonyl (C=O) groups excluding carboxylic acids is 2. The van der Waals surface area contributed by atoms with E-state index in [0.29, 0.717) is 11.4 Å². The number of halogens is 3. The number of rotatable bonds is 6. The van der Waals surface area contributed by atoms with Gasteiger partial charge < -0.3 is 15.1 Å². The molecule has 2 aliphatic rings. The Bertz CT molecular complexity index is 678. The smallest absolute Gasteiger partial charge is 0.371 e. The third-order valence-electron chi connectivity index (χ3n) is 4.84. The number of para-hydroxylation sites is 1. The van der Waals surface area contributed by atoms with Gasteiger partial charge in [0.05, 0.1) is 5.92 Å². The molecule has 2 amide bonds. The molecule has 1 atom stereocenters. The lowest BCUT2D eigenvalue weighted by Crippen LogP contribution is -2.37. The van der Waals surface area contributed by atoms with E-state index in [1.165, 1.54) is 11.3 Å². The third-order valence-corrected chi connectivity index (χ3v) is 4.84. The Morgan fingerprint density at radius 2 is 2.00 bits per heavy atom. The quantitative estimate of drug-likeness (QED) is 0.780. The second kappa shape index (κ2) is 7.55. The van der Waals surface area contributed by atoms with Crippen molar-refractivity contribution in [3.05, 3.63) is 29.8 Å². The van der Waals surface area contributed by atoms with Crippen LogP contribution in [0.5, 0.6) is 0 Å². The summed E-state index contributed by atoms with van der Waals surface area (Å²) in [5.74, 6) is -1.65. The monoisotopic (exact) mass is 369 g/mol. The normalized spacial score (nSPS) is 19.8. The third kappa shape index (κ3) is 4.47. The molecule has 2 aliphatic heterocycles. The minimum Gasteiger partial charge on any atom is -0.371 e. The molecule has 142 valence electrons. The molecular weight excluding hydrogens is 347 g/mol. The first kappa shape index (κ1) is 18.5. The number of benzene rings is 1. The molecule has 2 heterocycles. The molecule has 0 radical (unpaired) electrons. The summed E-state index contributed by atoms with van der Waals surface area (Å²) in [5, 5.41) is 2.75. The minimum absolute atomic E-state index is 0.151. The van der Waals surface area contributed by atoms with Gasteiger partial charge in [-0.2, -0.15) is 13.2 Å². The van der Waals surface area contributed by atoms with Gasteiger partial charge in [0, 0.05) is 38.3 Å². The fourth-order valence-electron chi connectivity index (χ4n) is 3.58. The van der Waals surface area contributed by atoms with Crippen LogP contribution >= 0.6 is 0 Å². The van der Waals surface area contributed by atoms with Crippen molar-refractivity contribution in [1.29, 1.82) is 0 Å². The van der Waals surface area contributed by atoms with Crippen LogP contribution in [0, 0.1) is 5.92 Å². The highest BCUT2D eigenvalue weighted by Gasteiger charge is 2.40. The first-order chi connectivity index (χ1) is 12.3. The van der Waals surface area contributed by atoms with Crippen molar-refractivity contribution in [2.75, 3.05) is 37.6 Å². The van der Waals surface area contributed by atoms with E-state index < -0.39 is 24.5 Å². The van der Waals surface area contributed by atoms with Crippen molar-refractivity contribution in [1.82, 2.24) is 10.2 Å². The number of fused-ring (bicyclic) bond motifs is 1. The average Bonchev–Trinajstić information content (AvgIpc) is 3.14. The summed E-state index contributed by atoms with van der Waals surface area (Å²) in [4.78, 5) is 26.7.